The Bertz CT molecular complexity index is 789. The van der Waals surface area contributed by atoms with Crippen LogP contribution in [0.5, 0.6) is 0 Å². The number of carbonyl (C=O) groups excluding carboxylic acids is 2. The second-order valence-corrected chi connectivity index (χ2v) is 7.05. The second kappa shape index (κ2) is 7.09. The van der Waals surface area contributed by atoms with E-state index < -0.39 is 0 Å². The Kier molecular flexibility index (Phi) is 4.90. The van der Waals surface area contributed by atoms with Crippen molar-refractivity contribution in [1.82, 2.24) is 0 Å². The predicted octanol–water partition coefficient (Wildman–Crippen LogP) is 3.77. The number of amides is 2. The van der Waals surface area contributed by atoms with Gasteiger partial charge >= 0.3 is 0 Å². The molecule has 0 radical (unpaired) electrons. The Hall–Kier alpha value is -2.27. The minimum absolute atomic E-state index is 0.0106. The molecule has 0 aliphatic carbocycles. The van der Waals surface area contributed by atoms with E-state index in [9.17, 15) is 9.59 Å². The van der Waals surface area contributed by atoms with Gasteiger partial charge in [-0.15, -0.1) is 11.8 Å². The molecule has 0 unspecified atom stereocenters. The molecule has 0 aromatic heterocycles. The van der Waals surface area contributed by atoms with E-state index in [1.165, 1.54) is 0 Å². The first kappa shape index (κ1) is 16.6. The monoisotopic (exact) mass is 340 g/mol. The maximum Gasteiger partial charge on any atom is 0.244 e. The third-order valence-corrected chi connectivity index (χ3v) is 5.06. The number of anilines is 2. The molecule has 2 aromatic carbocycles. The molecule has 2 aromatic rings. The van der Waals surface area contributed by atoms with Gasteiger partial charge in [-0.1, -0.05) is 24.3 Å². The number of carbonyl (C=O) groups is 2. The summed E-state index contributed by atoms with van der Waals surface area (Å²) in [6.45, 7) is 3.97. The van der Waals surface area contributed by atoms with Gasteiger partial charge in [0.2, 0.25) is 11.8 Å². The molecule has 24 heavy (non-hydrogen) atoms. The molecule has 0 spiro atoms. The Balaban J connectivity index is 1.80. The zero-order valence-electron chi connectivity index (χ0n) is 13.8. The maximum atomic E-state index is 12.5. The molecule has 0 saturated heterocycles. The van der Waals surface area contributed by atoms with Crippen molar-refractivity contribution in [3.63, 3.8) is 0 Å². The van der Waals surface area contributed by atoms with Crippen molar-refractivity contribution in [3.05, 3.63) is 53.6 Å². The van der Waals surface area contributed by atoms with E-state index in [4.69, 9.17) is 0 Å². The highest BCUT2D eigenvalue weighted by atomic mass is 32.2. The summed E-state index contributed by atoms with van der Waals surface area (Å²) < 4.78 is 0. The average molecular weight is 340 g/mol. The van der Waals surface area contributed by atoms with Gasteiger partial charge < -0.3 is 10.2 Å². The largest absolute Gasteiger partial charge is 0.324 e. The van der Waals surface area contributed by atoms with Crippen molar-refractivity contribution in [2.45, 2.75) is 25.2 Å². The predicted molar refractivity (Wildman–Crippen MR) is 98.7 cm³/mol. The van der Waals surface area contributed by atoms with Crippen molar-refractivity contribution in [2.75, 3.05) is 22.5 Å². The molecule has 1 heterocycles. The van der Waals surface area contributed by atoms with Crippen LogP contribution in [0.3, 0.4) is 0 Å². The number of hydrogen-bond donors (Lipinski definition) is 1. The zero-order chi connectivity index (χ0) is 17.1. The summed E-state index contributed by atoms with van der Waals surface area (Å²) in [5.74, 6) is 0.549. The fraction of sp³-hybridized carbons (Fsp3) is 0.263. The lowest BCUT2D eigenvalue weighted by Gasteiger charge is -2.22. The van der Waals surface area contributed by atoms with Crippen LogP contribution in [0.1, 0.15) is 17.5 Å². The van der Waals surface area contributed by atoms with Crippen LogP contribution in [-0.4, -0.2) is 24.1 Å². The number of benzene rings is 2. The minimum atomic E-state index is -0.182. The van der Waals surface area contributed by atoms with Crippen molar-refractivity contribution >= 4 is 35.0 Å². The molecule has 0 bridgehead atoms. The number of hydrogen-bond acceptors (Lipinski definition) is 3. The molecular formula is C19H20N2O2S. The lowest BCUT2D eigenvalue weighted by molar-refractivity contribution is -0.121. The number of rotatable bonds is 3. The van der Waals surface area contributed by atoms with Gasteiger partial charge in [-0.05, 0) is 43.2 Å². The topological polar surface area (TPSA) is 49.4 Å². The number of para-hydroxylation sites is 1. The van der Waals surface area contributed by atoms with E-state index in [1.54, 1.807) is 16.7 Å². The number of fused-ring (bicyclic) bond motifs is 1. The summed E-state index contributed by atoms with van der Waals surface area (Å²) in [5, 5.41) is 2.93. The van der Waals surface area contributed by atoms with Crippen molar-refractivity contribution in [2.24, 2.45) is 0 Å². The lowest BCUT2D eigenvalue weighted by atomic mass is 10.1. The number of nitrogens with one attached hydrogen (secondary N) is 1. The first-order valence-corrected chi connectivity index (χ1v) is 8.92. The highest BCUT2D eigenvalue weighted by Crippen LogP contribution is 2.33. The first-order chi connectivity index (χ1) is 11.5. The van der Waals surface area contributed by atoms with Gasteiger partial charge in [0, 0.05) is 22.8 Å². The average Bonchev–Trinajstić information content (AvgIpc) is 2.71. The van der Waals surface area contributed by atoms with Crippen LogP contribution in [-0.2, 0) is 9.59 Å². The summed E-state index contributed by atoms with van der Waals surface area (Å²) in [6.07, 6.45) is 0.441. The molecule has 2 amide bonds. The summed E-state index contributed by atoms with van der Waals surface area (Å²) in [5.41, 5.74) is 3.71. The van der Waals surface area contributed by atoms with E-state index in [1.807, 2.05) is 56.3 Å². The van der Waals surface area contributed by atoms with Gasteiger partial charge in [0.25, 0.3) is 0 Å². The van der Waals surface area contributed by atoms with E-state index in [0.29, 0.717) is 6.42 Å². The first-order valence-electron chi connectivity index (χ1n) is 7.94. The Morgan fingerprint density at radius 2 is 2.00 bits per heavy atom. The lowest BCUT2D eigenvalue weighted by Crippen LogP contribution is -2.38. The molecule has 4 nitrogen and oxygen atoms in total. The molecular weight excluding hydrogens is 320 g/mol. The van der Waals surface area contributed by atoms with Crippen LogP contribution in [0.4, 0.5) is 11.4 Å². The third-order valence-electron chi connectivity index (χ3n) is 4.00. The van der Waals surface area contributed by atoms with Gasteiger partial charge in [0.15, 0.2) is 0 Å². The van der Waals surface area contributed by atoms with Gasteiger partial charge in [-0.2, -0.15) is 0 Å². The molecule has 0 saturated carbocycles. The minimum Gasteiger partial charge on any atom is -0.324 e. The number of nitrogens with zero attached hydrogens (tertiary/aromatic N) is 1. The Morgan fingerprint density at radius 3 is 2.83 bits per heavy atom. The SMILES string of the molecule is Cc1ccc(C)c(NC(=O)CN2C(=O)CCSc3ccccc32)c1. The fourth-order valence-corrected chi connectivity index (χ4v) is 3.69. The summed E-state index contributed by atoms with van der Waals surface area (Å²) in [6, 6.07) is 13.7. The van der Waals surface area contributed by atoms with Gasteiger partial charge in [-0.3, -0.25) is 9.59 Å². The van der Waals surface area contributed by atoms with Crippen molar-refractivity contribution < 1.29 is 9.59 Å². The smallest absolute Gasteiger partial charge is 0.244 e. The highest BCUT2D eigenvalue weighted by molar-refractivity contribution is 7.99. The van der Waals surface area contributed by atoms with Crippen LogP contribution < -0.4 is 10.2 Å². The highest BCUT2D eigenvalue weighted by Gasteiger charge is 2.24. The Labute approximate surface area is 146 Å². The van der Waals surface area contributed by atoms with Gasteiger partial charge in [0.1, 0.15) is 6.54 Å². The Morgan fingerprint density at radius 1 is 1.21 bits per heavy atom. The molecule has 0 fully saturated rings. The molecule has 0 atom stereocenters. The van der Waals surface area contributed by atoms with Gasteiger partial charge in [0.05, 0.1) is 5.69 Å². The summed E-state index contributed by atoms with van der Waals surface area (Å²) >= 11 is 1.66. The fourth-order valence-electron chi connectivity index (χ4n) is 2.70. The second-order valence-electron chi connectivity index (χ2n) is 5.91. The molecule has 1 aliphatic rings. The van der Waals surface area contributed by atoms with E-state index in [-0.39, 0.29) is 18.4 Å². The summed E-state index contributed by atoms with van der Waals surface area (Å²) in [4.78, 5) is 27.6. The number of thioether (sulfide) groups is 1. The quantitative estimate of drug-likeness (QED) is 0.925. The zero-order valence-corrected chi connectivity index (χ0v) is 14.7. The van der Waals surface area contributed by atoms with Crippen LogP contribution in [0.2, 0.25) is 0 Å². The van der Waals surface area contributed by atoms with Crippen LogP contribution in [0.25, 0.3) is 0 Å². The maximum absolute atomic E-state index is 12.5. The molecule has 124 valence electrons. The van der Waals surface area contributed by atoms with Crippen LogP contribution in [0, 0.1) is 13.8 Å². The molecule has 1 aliphatic heterocycles. The molecule has 3 rings (SSSR count). The number of aryl methyl sites for hydroxylation is 2. The van der Waals surface area contributed by atoms with Crippen LogP contribution in [0.15, 0.2) is 47.4 Å². The standard InChI is InChI=1S/C19H20N2O2S/c1-13-7-8-14(2)15(11-13)20-18(22)12-21-16-5-3-4-6-17(16)24-10-9-19(21)23/h3-8,11H,9-10,12H2,1-2H3,(H,20,22). The van der Waals surface area contributed by atoms with Gasteiger partial charge in [-0.25, -0.2) is 0 Å². The van der Waals surface area contributed by atoms with Crippen LogP contribution >= 0.6 is 11.8 Å². The van der Waals surface area contributed by atoms with E-state index >= 15 is 0 Å². The van der Waals surface area contributed by atoms with E-state index in [2.05, 4.69) is 5.32 Å². The molecule has 5 heteroatoms. The van der Waals surface area contributed by atoms with Crippen molar-refractivity contribution in [3.8, 4) is 0 Å². The molecule has 1 N–H and O–H groups in total. The van der Waals surface area contributed by atoms with E-state index in [0.717, 1.165) is 33.2 Å². The third kappa shape index (κ3) is 3.62. The summed E-state index contributed by atoms with van der Waals surface area (Å²) in [7, 11) is 0. The normalized spacial score (nSPS) is 14.1. The van der Waals surface area contributed by atoms with Crippen molar-refractivity contribution in [1.29, 1.82) is 0 Å².